The molecule has 5 heterocycles. The van der Waals surface area contributed by atoms with Crippen molar-refractivity contribution < 1.29 is 0 Å². The van der Waals surface area contributed by atoms with E-state index in [1.54, 1.807) is 0 Å². The summed E-state index contributed by atoms with van der Waals surface area (Å²) in [6, 6.07) is 63.1. The highest BCUT2D eigenvalue weighted by Gasteiger charge is 2.39. The van der Waals surface area contributed by atoms with E-state index in [2.05, 4.69) is 214 Å². The maximum absolute atomic E-state index is 5.65. The van der Waals surface area contributed by atoms with E-state index in [1.165, 1.54) is 55.2 Å². The van der Waals surface area contributed by atoms with Crippen LogP contribution in [0.2, 0.25) is 0 Å². The van der Waals surface area contributed by atoms with Crippen molar-refractivity contribution in [2.75, 3.05) is 4.90 Å². The fraction of sp³-hybridized carbons (Fsp3) is 0.0862. The number of para-hydroxylation sites is 5. The summed E-state index contributed by atoms with van der Waals surface area (Å²) in [4.78, 5) is 19.1. The van der Waals surface area contributed by atoms with E-state index in [0.29, 0.717) is 23.6 Å². The van der Waals surface area contributed by atoms with Crippen LogP contribution in [0.15, 0.2) is 182 Å². The summed E-state index contributed by atoms with van der Waals surface area (Å²) in [5.74, 6) is 2.12. The van der Waals surface area contributed by atoms with E-state index >= 15 is 0 Å². The third-order valence-corrected chi connectivity index (χ3v) is 14.0. The minimum atomic E-state index is 0.141. The Hall–Kier alpha value is -8.29. The Morgan fingerprint density at radius 1 is 0.523 bits per heavy atom. The fourth-order valence-corrected chi connectivity index (χ4v) is 11.3. The standard InChI is InChI=1S/C58H41N7/c1-36-18-17-31-49-53(36)43-32-33-50-54(42-27-13-16-30-48(42)62(50)38-21-7-3-8-22-38)55(43)65(49)58-60-56(37-19-5-2-6-20-37)59-57(61-58)64-47-29-15-12-26-41(47)45-34-51-44(35-52(45)64)40-25-11-14-28-46(40)63(51)39-23-9-4-10-24-39/h2-17,19-33,35-36,51H,18,34H2,1H3. The molecule has 7 nitrogen and oxygen atoms in total. The molecule has 2 aliphatic carbocycles. The first kappa shape index (κ1) is 36.2. The Morgan fingerprint density at radius 2 is 1.17 bits per heavy atom. The second-order valence-corrected chi connectivity index (χ2v) is 17.6. The van der Waals surface area contributed by atoms with Crippen LogP contribution in [0.4, 0.5) is 11.4 Å². The molecule has 2 unspecified atom stereocenters. The summed E-state index contributed by atoms with van der Waals surface area (Å²) < 4.78 is 7.04. The van der Waals surface area contributed by atoms with Gasteiger partial charge < -0.3 is 9.47 Å². The Kier molecular flexibility index (Phi) is 7.72. The molecular weight excluding hydrogens is 795 g/mol. The van der Waals surface area contributed by atoms with Crippen molar-refractivity contribution in [1.29, 1.82) is 0 Å². The van der Waals surface area contributed by atoms with Gasteiger partial charge in [-0.25, -0.2) is 0 Å². The van der Waals surface area contributed by atoms with E-state index in [1.807, 2.05) is 6.07 Å². The van der Waals surface area contributed by atoms with Gasteiger partial charge in [0.25, 0.3) is 0 Å². The molecule has 4 aromatic heterocycles. The Morgan fingerprint density at radius 3 is 1.95 bits per heavy atom. The average molecular weight is 836 g/mol. The van der Waals surface area contributed by atoms with Crippen LogP contribution < -0.4 is 4.90 Å². The minimum absolute atomic E-state index is 0.141. The first-order chi connectivity index (χ1) is 32.2. The van der Waals surface area contributed by atoms with Gasteiger partial charge in [-0.05, 0) is 89.7 Å². The first-order valence-electron chi connectivity index (χ1n) is 22.6. The van der Waals surface area contributed by atoms with Crippen LogP contribution in [-0.4, -0.2) is 34.7 Å². The molecule has 0 N–H and O–H groups in total. The smallest absolute Gasteiger partial charge is 0.240 e. The van der Waals surface area contributed by atoms with Crippen LogP contribution in [0, 0.1) is 0 Å². The number of hydrogen-bond acceptors (Lipinski definition) is 4. The molecule has 0 amide bonds. The predicted molar refractivity (Wildman–Crippen MR) is 266 cm³/mol. The van der Waals surface area contributed by atoms with Gasteiger partial charge in [0.15, 0.2) is 5.82 Å². The number of hydrogen-bond donors (Lipinski definition) is 0. The molecule has 1 aliphatic heterocycles. The number of anilines is 2. The van der Waals surface area contributed by atoms with Crippen molar-refractivity contribution in [3.8, 4) is 29.0 Å². The Balaban J connectivity index is 1.07. The Bertz CT molecular complexity index is 3800. The monoisotopic (exact) mass is 835 g/mol. The van der Waals surface area contributed by atoms with E-state index in [4.69, 9.17) is 15.0 Å². The molecule has 308 valence electrons. The number of aromatic nitrogens is 6. The van der Waals surface area contributed by atoms with Crippen molar-refractivity contribution in [3.63, 3.8) is 0 Å². The number of allylic oxidation sites excluding steroid dienone is 1. The summed E-state index contributed by atoms with van der Waals surface area (Å²) >= 11 is 0. The molecular formula is C58H41N7. The molecule has 11 aromatic rings. The van der Waals surface area contributed by atoms with Crippen molar-refractivity contribution in [3.05, 3.63) is 210 Å². The molecule has 3 aliphatic rings. The average Bonchev–Trinajstić information content (AvgIpc) is 4.09. The molecule has 0 saturated heterocycles. The van der Waals surface area contributed by atoms with Crippen LogP contribution >= 0.6 is 0 Å². The topological polar surface area (TPSA) is 56.7 Å². The number of rotatable bonds is 5. The van der Waals surface area contributed by atoms with Crippen molar-refractivity contribution in [1.82, 2.24) is 28.7 Å². The first-order valence-corrected chi connectivity index (χ1v) is 22.6. The minimum Gasteiger partial charge on any atom is -0.333 e. The zero-order valence-electron chi connectivity index (χ0n) is 35.7. The highest BCUT2D eigenvalue weighted by atomic mass is 15.3. The van der Waals surface area contributed by atoms with Crippen molar-refractivity contribution in [2.24, 2.45) is 0 Å². The SMILES string of the molecule is CC1CC=Cc2c1c1ccc3c(c4ccccc4n3-c3ccccc3)c1n2-c1nc(-c2ccccc2)nc(-n2c3c(c4ccccc42)CC2C(=C3)c3ccccc3N2c2ccccc2)n1. The van der Waals surface area contributed by atoms with Gasteiger partial charge >= 0.3 is 0 Å². The molecule has 2 atom stereocenters. The van der Waals surface area contributed by atoms with E-state index in [0.717, 1.165) is 57.5 Å². The van der Waals surface area contributed by atoms with Crippen LogP contribution in [0.3, 0.4) is 0 Å². The molecule has 7 aromatic carbocycles. The summed E-state index contributed by atoms with van der Waals surface area (Å²) in [7, 11) is 0. The summed E-state index contributed by atoms with van der Waals surface area (Å²) in [5, 5.41) is 4.81. The van der Waals surface area contributed by atoms with E-state index in [-0.39, 0.29) is 6.04 Å². The van der Waals surface area contributed by atoms with Gasteiger partial charge in [0.05, 0.1) is 39.5 Å². The quantitative estimate of drug-likeness (QED) is 0.173. The summed E-state index contributed by atoms with van der Waals surface area (Å²) in [5.41, 5.74) is 16.4. The lowest BCUT2D eigenvalue weighted by Crippen LogP contribution is -2.30. The molecule has 65 heavy (non-hydrogen) atoms. The zero-order chi connectivity index (χ0) is 42.8. The third kappa shape index (κ3) is 5.21. The highest BCUT2D eigenvalue weighted by Crippen LogP contribution is 2.51. The maximum atomic E-state index is 5.65. The van der Waals surface area contributed by atoms with Gasteiger partial charge in [-0.3, -0.25) is 9.13 Å². The summed E-state index contributed by atoms with van der Waals surface area (Å²) in [6.07, 6.45) is 8.82. The van der Waals surface area contributed by atoms with E-state index < -0.39 is 0 Å². The zero-order valence-corrected chi connectivity index (χ0v) is 35.7. The van der Waals surface area contributed by atoms with E-state index in [9.17, 15) is 0 Å². The molecule has 0 bridgehead atoms. The lowest BCUT2D eigenvalue weighted by Gasteiger charge is -2.30. The molecule has 0 fully saturated rings. The number of benzene rings is 7. The molecule has 0 radical (unpaired) electrons. The molecule has 0 spiro atoms. The normalized spacial score (nSPS) is 16.3. The highest BCUT2D eigenvalue weighted by molar-refractivity contribution is 6.22. The largest absolute Gasteiger partial charge is 0.333 e. The second kappa shape index (κ2) is 13.9. The van der Waals surface area contributed by atoms with Crippen LogP contribution in [-0.2, 0) is 6.42 Å². The van der Waals surface area contributed by atoms with Gasteiger partial charge in [-0.1, -0.05) is 140 Å². The fourth-order valence-electron chi connectivity index (χ4n) is 11.3. The van der Waals surface area contributed by atoms with Gasteiger partial charge in [0, 0.05) is 56.2 Å². The van der Waals surface area contributed by atoms with Crippen LogP contribution in [0.5, 0.6) is 0 Å². The van der Waals surface area contributed by atoms with Crippen molar-refractivity contribution >= 4 is 72.7 Å². The van der Waals surface area contributed by atoms with Gasteiger partial charge in [-0.2, -0.15) is 15.0 Å². The van der Waals surface area contributed by atoms with Crippen molar-refractivity contribution in [2.45, 2.75) is 31.7 Å². The lowest BCUT2D eigenvalue weighted by molar-refractivity contribution is 0.767. The van der Waals surface area contributed by atoms with Crippen LogP contribution in [0.25, 0.3) is 90.3 Å². The molecule has 14 rings (SSSR count). The van der Waals surface area contributed by atoms with Gasteiger partial charge in [0.1, 0.15) is 0 Å². The Labute approximate surface area is 375 Å². The number of fused-ring (bicyclic) bond motifs is 13. The maximum Gasteiger partial charge on any atom is 0.240 e. The third-order valence-electron chi connectivity index (χ3n) is 14.0. The predicted octanol–water partition coefficient (Wildman–Crippen LogP) is 13.7. The second-order valence-electron chi connectivity index (χ2n) is 17.6. The lowest BCUT2D eigenvalue weighted by atomic mass is 9.89. The van der Waals surface area contributed by atoms with Crippen LogP contribution in [0.1, 0.15) is 47.3 Å². The number of nitrogens with zero attached hydrogens (tertiary/aromatic N) is 7. The van der Waals surface area contributed by atoms with Gasteiger partial charge in [0.2, 0.25) is 11.9 Å². The van der Waals surface area contributed by atoms with Gasteiger partial charge in [-0.15, -0.1) is 0 Å². The summed E-state index contributed by atoms with van der Waals surface area (Å²) in [6.45, 7) is 2.34. The molecule has 0 saturated carbocycles. The molecule has 7 heteroatoms.